The Morgan fingerprint density at radius 3 is 2.70 bits per heavy atom. The molecule has 100 valence electrons. The van der Waals surface area contributed by atoms with E-state index in [-0.39, 0.29) is 11.3 Å². The average molecular weight is 333 g/mol. The van der Waals surface area contributed by atoms with Crippen molar-refractivity contribution >= 4 is 32.9 Å². The van der Waals surface area contributed by atoms with Crippen molar-refractivity contribution in [1.82, 2.24) is 9.97 Å². The van der Waals surface area contributed by atoms with Gasteiger partial charge < -0.3 is 15.2 Å². The lowest BCUT2D eigenvalue weighted by Gasteiger charge is -1.99. The van der Waals surface area contributed by atoms with E-state index in [0.717, 1.165) is 11.1 Å². The molecular formula is C14H9BrN2O3. The lowest BCUT2D eigenvalue weighted by Crippen LogP contribution is -1.94. The number of phenols is 1. The standard InChI is InChI=1S/C14H9BrN2O3/c15-9-5-7(2-4-12(9)18)13-16-10-3-1-8(14(19)20)6-11(10)17-13/h1-6,18H,(H,16,17)(H,19,20). The number of benzene rings is 2. The van der Waals surface area contributed by atoms with Gasteiger partial charge in [0.2, 0.25) is 0 Å². The normalized spacial score (nSPS) is 10.8. The largest absolute Gasteiger partial charge is 0.507 e. The van der Waals surface area contributed by atoms with Crippen LogP contribution in [0.3, 0.4) is 0 Å². The number of carbonyl (C=O) groups is 1. The number of aromatic nitrogens is 2. The second-order valence-corrected chi connectivity index (χ2v) is 5.14. The second-order valence-electron chi connectivity index (χ2n) is 4.29. The minimum atomic E-state index is -0.983. The van der Waals surface area contributed by atoms with E-state index in [2.05, 4.69) is 25.9 Å². The van der Waals surface area contributed by atoms with Gasteiger partial charge in [-0.2, -0.15) is 0 Å². The van der Waals surface area contributed by atoms with Crippen molar-refractivity contribution in [1.29, 1.82) is 0 Å². The Balaban J connectivity index is 2.12. The number of H-pyrrole nitrogens is 1. The van der Waals surface area contributed by atoms with E-state index in [1.807, 2.05) is 0 Å². The van der Waals surface area contributed by atoms with Crippen molar-refractivity contribution in [3.63, 3.8) is 0 Å². The molecule has 5 nitrogen and oxygen atoms in total. The second kappa shape index (κ2) is 4.64. The first kappa shape index (κ1) is 12.7. The zero-order valence-corrected chi connectivity index (χ0v) is 11.7. The quantitative estimate of drug-likeness (QED) is 0.671. The van der Waals surface area contributed by atoms with Gasteiger partial charge in [-0.1, -0.05) is 0 Å². The molecule has 1 heterocycles. The highest BCUT2D eigenvalue weighted by atomic mass is 79.9. The lowest BCUT2D eigenvalue weighted by atomic mass is 10.2. The number of nitrogens with zero attached hydrogens (tertiary/aromatic N) is 1. The molecule has 20 heavy (non-hydrogen) atoms. The molecule has 3 aromatic rings. The first-order valence-corrected chi connectivity index (χ1v) is 6.56. The fraction of sp³-hybridized carbons (Fsp3) is 0. The van der Waals surface area contributed by atoms with Gasteiger partial charge >= 0.3 is 5.97 Å². The molecular weight excluding hydrogens is 324 g/mol. The summed E-state index contributed by atoms with van der Waals surface area (Å²) in [4.78, 5) is 18.4. The number of carboxylic acids is 1. The summed E-state index contributed by atoms with van der Waals surface area (Å²) < 4.78 is 0.571. The van der Waals surface area contributed by atoms with Gasteiger partial charge in [0.25, 0.3) is 0 Å². The minimum Gasteiger partial charge on any atom is -0.507 e. The predicted molar refractivity (Wildman–Crippen MR) is 77.9 cm³/mol. The van der Waals surface area contributed by atoms with Gasteiger partial charge in [0.1, 0.15) is 11.6 Å². The molecule has 2 aromatic carbocycles. The van der Waals surface area contributed by atoms with Crippen LogP contribution in [0.5, 0.6) is 5.75 Å². The van der Waals surface area contributed by atoms with Gasteiger partial charge in [-0.3, -0.25) is 0 Å². The molecule has 0 spiro atoms. The number of imidazole rings is 1. The Bertz CT molecular complexity index is 826. The van der Waals surface area contributed by atoms with Gasteiger partial charge in [0.15, 0.2) is 0 Å². The van der Waals surface area contributed by atoms with Crippen LogP contribution in [0.25, 0.3) is 22.4 Å². The summed E-state index contributed by atoms with van der Waals surface area (Å²) in [6.45, 7) is 0. The Labute approximate surface area is 122 Å². The number of phenolic OH excluding ortho intramolecular Hbond substituents is 1. The molecule has 0 atom stereocenters. The SMILES string of the molecule is O=C(O)c1ccc2[nH]c(-c3ccc(O)c(Br)c3)nc2c1. The van der Waals surface area contributed by atoms with Crippen molar-refractivity contribution in [3.05, 3.63) is 46.4 Å². The Morgan fingerprint density at radius 1 is 1.20 bits per heavy atom. The molecule has 3 rings (SSSR count). The van der Waals surface area contributed by atoms with Crippen LogP contribution < -0.4 is 0 Å². The number of rotatable bonds is 2. The van der Waals surface area contributed by atoms with E-state index in [4.69, 9.17) is 5.11 Å². The number of halogens is 1. The molecule has 1 aromatic heterocycles. The number of fused-ring (bicyclic) bond motifs is 1. The number of aromatic carboxylic acids is 1. The zero-order chi connectivity index (χ0) is 14.3. The van der Waals surface area contributed by atoms with E-state index < -0.39 is 5.97 Å². The molecule has 0 amide bonds. The van der Waals surface area contributed by atoms with Crippen LogP contribution in [0, 0.1) is 0 Å². The van der Waals surface area contributed by atoms with Crippen LogP contribution in [0.2, 0.25) is 0 Å². The minimum absolute atomic E-state index is 0.151. The summed E-state index contributed by atoms with van der Waals surface area (Å²) in [5.74, 6) is -0.218. The maximum atomic E-state index is 10.9. The smallest absolute Gasteiger partial charge is 0.335 e. The molecule has 0 aliphatic rings. The van der Waals surface area contributed by atoms with Crippen LogP contribution in [0.15, 0.2) is 40.9 Å². The summed E-state index contributed by atoms with van der Waals surface area (Å²) >= 11 is 3.25. The monoisotopic (exact) mass is 332 g/mol. The lowest BCUT2D eigenvalue weighted by molar-refractivity contribution is 0.0697. The van der Waals surface area contributed by atoms with Gasteiger partial charge in [-0.05, 0) is 52.3 Å². The number of nitrogens with one attached hydrogen (secondary N) is 1. The Morgan fingerprint density at radius 2 is 2.00 bits per heavy atom. The van der Waals surface area contributed by atoms with Gasteiger partial charge in [-0.15, -0.1) is 0 Å². The first-order chi connectivity index (χ1) is 9.54. The summed E-state index contributed by atoms with van der Waals surface area (Å²) in [6.07, 6.45) is 0. The molecule has 6 heteroatoms. The Kier molecular flexibility index (Phi) is 2.94. The van der Waals surface area contributed by atoms with E-state index >= 15 is 0 Å². The summed E-state index contributed by atoms with van der Waals surface area (Å²) in [6, 6.07) is 9.77. The first-order valence-electron chi connectivity index (χ1n) is 5.76. The highest BCUT2D eigenvalue weighted by Crippen LogP contribution is 2.29. The molecule has 0 saturated carbocycles. The van der Waals surface area contributed by atoms with Crippen LogP contribution in [0.1, 0.15) is 10.4 Å². The van der Waals surface area contributed by atoms with Crippen molar-refractivity contribution in [2.24, 2.45) is 0 Å². The van der Waals surface area contributed by atoms with Crippen LogP contribution in [-0.4, -0.2) is 26.2 Å². The molecule has 0 bridgehead atoms. The van der Waals surface area contributed by atoms with Gasteiger partial charge in [0.05, 0.1) is 21.1 Å². The average Bonchev–Trinajstić information content (AvgIpc) is 2.84. The number of hydrogen-bond acceptors (Lipinski definition) is 3. The fourth-order valence-corrected chi connectivity index (χ4v) is 2.31. The third kappa shape index (κ3) is 2.14. The third-order valence-corrected chi connectivity index (χ3v) is 3.59. The van der Waals surface area contributed by atoms with Crippen molar-refractivity contribution < 1.29 is 15.0 Å². The fourth-order valence-electron chi connectivity index (χ4n) is 1.93. The maximum Gasteiger partial charge on any atom is 0.335 e. The van der Waals surface area contributed by atoms with Gasteiger partial charge in [-0.25, -0.2) is 9.78 Å². The molecule has 3 N–H and O–H groups in total. The Hall–Kier alpha value is -2.34. The molecule has 0 aliphatic heterocycles. The van der Waals surface area contributed by atoms with E-state index in [1.165, 1.54) is 12.1 Å². The van der Waals surface area contributed by atoms with E-state index in [9.17, 15) is 9.90 Å². The zero-order valence-electron chi connectivity index (χ0n) is 10.1. The molecule has 0 aliphatic carbocycles. The highest BCUT2D eigenvalue weighted by Gasteiger charge is 2.10. The van der Waals surface area contributed by atoms with Crippen molar-refractivity contribution in [2.75, 3.05) is 0 Å². The molecule has 0 saturated heterocycles. The third-order valence-electron chi connectivity index (χ3n) is 2.95. The van der Waals surface area contributed by atoms with E-state index in [0.29, 0.717) is 15.8 Å². The maximum absolute atomic E-state index is 10.9. The van der Waals surface area contributed by atoms with Gasteiger partial charge in [0, 0.05) is 5.56 Å². The van der Waals surface area contributed by atoms with Crippen LogP contribution in [0.4, 0.5) is 0 Å². The molecule has 0 unspecified atom stereocenters. The molecule has 0 fully saturated rings. The molecule has 0 radical (unpaired) electrons. The number of carboxylic acid groups (broad SMARTS) is 1. The van der Waals surface area contributed by atoms with Crippen molar-refractivity contribution in [2.45, 2.75) is 0 Å². The summed E-state index contributed by atoms with van der Waals surface area (Å²) in [5, 5.41) is 18.4. The highest BCUT2D eigenvalue weighted by molar-refractivity contribution is 9.10. The predicted octanol–water partition coefficient (Wildman–Crippen LogP) is 3.40. The number of hydrogen-bond donors (Lipinski definition) is 3. The topological polar surface area (TPSA) is 86.2 Å². The van der Waals surface area contributed by atoms with Crippen LogP contribution >= 0.6 is 15.9 Å². The van der Waals surface area contributed by atoms with Crippen molar-refractivity contribution in [3.8, 4) is 17.1 Å². The number of aromatic amines is 1. The van der Waals surface area contributed by atoms with Crippen LogP contribution in [-0.2, 0) is 0 Å². The summed E-state index contributed by atoms with van der Waals surface area (Å²) in [7, 11) is 0. The summed E-state index contributed by atoms with van der Waals surface area (Å²) in [5.41, 5.74) is 2.34. The van der Waals surface area contributed by atoms with E-state index in [1.54, 1.807) is 24.3 Å². The number of aromatic hydroxyl groups is 1.